The van der Waals surface area contributed by atoms with Gasteiger partial charge in [0.25, 0.3) is 0 Å². The first kappa shape index (κ1) is 11.4. The van der Waals surface area contributed by atoms with Crippen molar-refractivity contribution in [1.29, 1.82) is 5.41 Å². The van der Waals surface area contributed by atoms with Gasteiger partial charge in [-0.3, -0.25) is 5.41 Å². The Bertz CT molecular complexity index is 116. The number of nitrogens with one attached hydrogen (secondary N) is 1. The third kappa shape index (κ3) is 4.31. The largest absolute Gasteiger partial charge is 0.362 e. The van der Waals surface area contributed by atoms with Gasteiger partial charge in [-0.2, -0.15) is 0 Å². The van der Waals surface area contributed by atoms with E-state index in [2.05, 4.69) is 22.6 Å². The van der Waals surface area contributed by atoms with E-state index in [1.165, 1.54) is 26.4 Å². The van der Waals surface area contributed by atoms with E-state index in [4.69, 9.17) is 5.41 Å². The summed E-state index contributed by atoms with van der Waals surface area (Å²) in [5, 5.41) is 7.04. The average molecular weight is 172 g/mol. The molecule has 1 heterocycles. The lowest BCUT2D eigenvalue weighted by molar-refractivity contribution is 0.347. The molecule has 0 aromatic rings. The number of nitrogens with two attached hydrogens (primary N) is 1. The van der Waals surface area contributed by atoms with Gasteiger partial charge >= 0.3 is 0 Å². The molecule has 1 aliphatic rings. The van der Waals surface area contributed by atoms with Crippen LogP contribution in [0.5, 0.6) is 0 Å². The van der Waals surface area contributed by atoms with Crippen molar-refractivity contribution in [2.45, 2.75) is 6.42 Å². The van der Waals surface area contributed by atoms with E-state index in [1.807, 2.05) is 0 Å². The van der Waals surface area contributed by atoms with E-state index in [1.54, 1.807) is 0 Å². The van der Waals surface area contributed by atoms with Crippen molar-refractivity contribution in [3.8, 4) is 0 Å². The third-order valence-electron chi connectivity index (χ3n) is 1.94. The molecule has 1 rings (SSSR count). The summed E-state index contributed by atoms with van der Waals surface area (Å²) in [6.07, 6.45) is 2.63. The van der Waals surface area contributed by atoms with E-state index < -0.39 is 0 Å². The summed E-state index contributed by atoms with van der Waals surface area (Å²) in [4.78, 5) is 4.37. The zero-order valence-electron chi connectivity index (χ0n) is 8.08. The first-order valence-corrected chi connectivity index (χ1v) is 4.34. The van der Waals surface area contributed by atoms with Crippen molar-refractivity contribution < 1.29 is 0 Å². The third-order valence-corrected chi connectivity index (χ3v) is 1.94. The first-order valence-electron chi connectivity index (χ1n) is 4.34. The van der Waals surface area contributed by atoms with Gasteiger partial charge in [0.15, 0.2) is 0 Å². The summed E-state index contributed by atoms with van der Waals surface area (Å²) in [5.41, 5.74) is 4.50. The molecular weight excluding hydrogens is 152 g/mol. The van der Waals surface area contributed by atoms with Gasteiger partial charge in [-0.25, -0.2) is 0 Å². The molecule has 0 aromatic carbocycles. The first-order chi connectivity index (χ1) is 5.83. The fraction of sp³-hybridized carbons (Fsp3) is 0.875. The van der Waals surface area contributed by atoms with Crippen LogP contribution >= 0.6 is 0 Å². The highest BCUT2D eigenvalue weighted by atomic mass is 15.2. The minimum Gasteiger partial charge on any atom is -0.362 e. The Morgan fingerprint density at radius 2 is 1.83 bits per heavy atom. The van der Waals surface area contributed by atoms with Crippen LogP contribution in [0.1, 0.15) is 6.42 Å². The van der Waals surface area contributed by atoms with Crippen molar-refractivity contribution in [3.05, 3.63) is 0 Å². The van der Waals surface area contributed by atoms with Crippen LogP contribution in [0, 0.1) is 5.41 Å². The second-order valence-corrected chi connectivity index (χ2v) is 2.82. The molecule has 0 spiro atoms. The molecule has 0 aliphatic carbocycles. The molecule has 4 heteroatoms. The van der Waals surface area contributed by atoms with E-state index in [-0.39, 0.29) is 0 Å². The number of hydrogen-bond acceptors (Lipinski definition) is 3. The van der Waals surface area contributed by atoms with Crippen LogP contribution < -0.4 is 5.73 Å². The predicted molar refractivity (Wildman–Crippen MR) is 52.6 cm³/mol. The average Bonchev–Trinajstić information content (AvgIpc) is 2.33. The molecule has 1 aliphatic heterocycles. The van der Waals surface area contributed by atoms with E-state index in [9.17, 15) is 0 Å². The second kappa shape index (κ2) is 7.06. The maximum absolute atomic E-state index is 7.04. The van der Waals surface area contributed by atoms with Crippen molar-refractivity contribution in [1.82, 2.24) is 9.80 Å². The Hall–Kier alpha value is -0.610. The number of likely N-dealkylation sites (N-methyl/N-ethyl adjacent to an activating group) is 1. The topological polar surface area (TPSA) is 56.4 Å². The van der Waals surface area contributed by atoms with Crippen molar-refractivity contribution in [2.75, 3.05) is 40.3 Å². The Morgan fingerprint density at radius 3 is 2.42 bits per heavy atom. The van der Waals surface area contributed by atoms with Gasteiger partial charge < -0.3 is 15.5 Å². The zero-order chi connectivity index (χ0) is 9.40. The van der Waals surface area contributed by atoms with Gasteiger partial charge in [-0.05, 0) is 27.1 Å². The minimum atomic E-state index is 1.01. The molecule has 4 nitrogen and oxygen atoms in total. The minimum absolute atomic E-state index is 1.01. The molecule has 0 amide bonds. The molecule has 0 saturated carbocycles. The lowest BCUT2D eigenvalue weighted by Crippen LogP contribution is -2.27. The zero-order valence-corrected chi connectivity index (χ0v) is 8.08. The van der Waals surface area contributed by atoms with Crippen LogP contribution in [-0.4, -0.2) is 56.4 Å². The highest BCUT2D eigenvalue weighted by Gasteiger charge is 2.07. The molecule has 1 saturated heterocycles. The van der Waals surface area contributed by atoms with Crippen molar-refractivity contribution >= 4 is 6.34 Å². The van der Waals surface area contributed by atoms with Crippen LogP contribution in [-0.2, 0) is 0 Å². The van der Waals surface area contributed by atoms with Gasteiger partial charge in [-0.1, -0.05) is 0 Å². The van der Waals surface area contributed by atoms with Gasteiger partial charge in [0.1, 0.15) is 0 Å². The molecule has 3 N–H and O–H groups in total. The Morgan fingerprint density at radius 1 is 1.17 bits per heavy atom. The van der Waals surface area contributed by atoms with Gasteiger partial charge in [0, 0.05) is 19.6 Å². The fourth-order valence-electron chi connectivity index (χ4n) is 1.20. The highest BCUT2D eigenvalue weighted by Crippen LogP contribution is 1.97. The molecule has 0 unspecified atom stereocenters. The van der Waals surface area contributed by atoms with Crippen molar-refractivity contribution in [2.24, 2.45) is 5.73 Å². The molecule has 72 valence electrons. The Kier molecular flexibility index (Phi) is 6.70. The number of rotatable bonds is 1. The van der Waals surface area contributed by atoms with E-state index in [0.717, 1.165) is 19.6 Å². The molecule has 0 aromatic heterocycles. The van der Waals surface area contributed by atoms with Gasteiger partial charge in [0.05, 0.1) is 6.34 Å². The van der Waals surface area contributed by atoms with Crippen LogP contribution in [0.2, 0.25) is 0 Å². The summed E-state index contributed by atoms with van der Waals surface area (Å²) in [5.74, 6) is 0. The number of nitrogens with zero attached hydrogens (tertiary/aromatic N) is 2. The standard InChI is InChI=1S/C7H15N3.CH5N/c1-9-3-2-4-10(7-8)6-5-9;1-2/h7-8H,2-6H2,1H3;2H2,1H3. The Balaban J connectivity index is 0.000000561. The van der Waals surface area contributed by atoms with Gasteiger partial charge in [0.2, 0.25) is 0 Å². The second-order valence-electron chi connectivity index (χ2n) is 2.82. The van der Waals surface area contributed by atoms with Crippen LogP contribution in [0.4, 0.5) is 0 Å². The molecule has 12 heavy (non-hydrogen) atoms. The highest BCUT2D eigenvalue weighted by molar-refractivity contribution is 5.50. The molecule has 0 atom stereocenters. The quantitative estimate of drug-likeness (QED) is 0.425. The maximum atomic E-state index is 7.04. The summed E-state index contributed by atoms with van der Waals surface area (Å²) >= 11 is 0. The lowest BCUT2D eigenvalue weighted by atomic mass is 10.4. The molecular formula is C8H20N4. The molecule has 0 bridgehead atoms. The predicted octanol–water partition coefficient (Wildman–Crippen LogP) is -0.194. The normalized spacial score (nSPS) is 19.1. The van der Waals surface area contributed by atoms with E-state index in [0.29, 0.717) is 0 Å². The van der Waals surface area contributed by atoms with Crippen LogP contribution in [0.25, 0.3) is 0 Å². The maximum Gasteiger partial charge on any atom is 0.0817 e. The van der Waals surface area contributed by atoms with Crippen molar-refractivity contribution in [3.63, 3.8) is 0 Å². The number of hydrogen-bond donors (Lipinski definition) is 2. The summed E-state index contributed by atoms with van der Waals surface area (Å²) in [6, 6.07) is 0. The van der Waals surface area contributed by atoms with Gasteiger partial charge in [-0.15, -0.1) is 0 Å². The van der Waals surface area contributed by atoms with Crippen LogP contribution in [0.15, 0.2) is 0 Å². The summed E-state index contributed by atoms with van der Waals surface area (Å²) < 4.78 is 0. The molecule has 1 fully saturated rings. The van der Waals surface area contributed by atoms with Crippen LogP contribution in [0.3, 0.4) is 0 Å². The molecule has 0 radical (unpaired) electrons. The monoisotopic (exact) mass is 172 g/mol. The fourth-order valence-corrected chi connectivity index (χ4v) is 1.20. The smallest absolute Gasteiger partial charge is 0.0817 e. The summed E-state index contributed by atoms with van der Waals surface area (Å²) in [7, 11) is 3.63. The summed E-state index contributed by atoms with van der Waals surface area (Å²) in [6.45, 7) is 4.33. The Labute approximate surface area is 74.8 Å². The van der Waals surface area contributed by atoms with E-state index >= 15 is 0 Å². The SMILES string of the molecule is CN.CN1CCCN(C=N)CC1. The lowest BCUT2D eigenvalue weighted by Gasteiger charge is -2.15.